The molecule has 1 N–H and O–H groups in total. The lowest BCUT2D eigenvalue weighted by molar-refractivity contribution is 0.173. The Hall–Kier alpha value is -2.27. The van der Waals surface area contributed by atoms with Gasteiger partial charge in [-0.2, -0.15) is 0 Å². The number of rotatable bonds is 5. The molecule has 4 nitrogen and oxygen atoms in total. The third-order valence-corrected chi connectivity index (χ3v) is 3.75. The maximum Gasteiger partial charge on any atom is 0.231 e. The number of para-hydroxylation sites is 1. The van der Waals surface area contributed by atoms with Gasteiger partial charge in [0.05, 0.1) is 7.11 Å². The summed E-state index contributed by atoms with van der Waals surface area (Å²) in [5, 5.41) is 3.37. The third kappa shape index (κ3) is 2.85. The highest BCUT2D eigenvalue weighted by Gasteiger charge is 2.17. The molecule has 1 aliphatic heterocycles. The number of halogens is 1. The van der Waals surface area contributed by atoms with E-state index in [2.05, 4.69) is 5.32 Å². The molecule has 1 heterocycles. The standard InChI is InChI=1S/C17H18FNO3/c1-11(12-6-7-15(20-2)14(18)8-12)19-9-13-4-3-5-16-17(13)22-10-21-16/h3-8,11,19H,9-10H2,1-2H3. The van der Waals surface area contributed by atoms with Crippen molar-refractivity contribution in [2.75, 3.05) is 13.9 Å². The second kappa shape index (κ2) is 6.23. The molecular weight excluding hydrogens is 285 g/mol. The van der Waals surface area contributed by atoms with Gasteiger partial charge in [-0.15, -0.1) is 0 Å². The minimum absolute atomic E-state index is 0.00131. The van der Waals surface area contributed by atoms with Crippen LogP contribution in [0.5, 0.6) is 17.2 Å². The fourth-order valence-electron chi connectivity index (χ4n) is 2.46. The summed E-state index contributed by atoms with van der Waals surface area (Å²) in [6.07, 6.45) is 0. The first-order valence-electron chi connectivity index (χ1n) is 7.13. The average molecular weight is 303 g/mol. The minimum Gasteiger partial charge on any atom is -0.494 e. The predicted octanol–water partition coefficient (Wildman–Crippen LogP) is 3.41. The molecule has 2 aromatic rings. The van der Waals surface area contributed by atoms with Gasteiger partial charge >= 0.3 is 0 Å². The number of benzene rings is 2. The zero-order valence-corrected chi connectivity index (χ0v) is 12.6. The Morgan fingerprint density at radius 3 is 2.91 bits per heavy atom. The molecule has 0 bridgehead atoms. The number of hydrogen-bond acceptors (Lipinski definition) is 4. The molecule has 1 atom stereocenters. The number of nitrogens with one attached hydrogen (secondary N) is 1. The first-order chi connectivity index (χ1) is 10.7. The maximum absolute atomic E-state index is 13.8. The van der Waals surface area contributed by atoms with Crippen LogP contribution in [-0.2, 0) is 6.54 Å². The van der Waals surface area contributed by atoms with Gasteiger partial charge in [0.1, 0.15) is 0 Å². The van der Waals surface area contributed by atoms with Crippen LogP contribution in [0, 0.1) is 5.82 Å². The highest BCUT2D eigenvalue weighted by atomic mass is 19.1. The van der Waals surface area contributed by atoms with Crippen LogP contribution < -0.4 is 19.5 Å². The molecule has 2 aromatic carbocycles. The van der Waals surface area contributed by atoms with Crippen molar-refractivity contribution in [3.8, 4) is 17.2 Å². The van der Waals surface area contributed by atoms with Crippen LogP contribution in [0.2, 0.25) is 0 Å². The van der Waals surface area contributed by atoms with Crippen molar-refractivity contribution < 1.29 is 18.6 Å². The molecule has 1 unspecified atom stereocenters. The summed E-state index contributed by atoms with van der Waals surface area (Å²) >= 11 is 0. The highest BCUT2D eigenvalue weighted by Crippen LogP contribution is 2.35. The maximum atomic E-state index is 13.8. The fraction of sp³-hybridized carbons (Fsp3) is 0.294. The van der Waals surface area contributed by atoms with Crippen LogP contribution in [0.15, 0.2) is 36.4 Å². The Morgan fingerprint density at radius 2 is 2.14 bits per heavy atom. The van der Waals surface area contributed by atoms with Crippen molar-refractivity contribution in [2.24, 2.45) is 0 Å². The molecule has 0 aromatic heterocycles. The molecule has 0 fully saturated rings. The van der Waals surface area contributed by atoms with Gasteiger partial charge in [0, 0.05) is 18.2 Å². The van der Waals surface area contributed by atoms with Crippen LogP contribution in [0.4, 0.5) is 4.39 Å². The van der Waals surface area contributed by atoms with Crippen molar-refractivity contribution in [3.05, 3.63) is 53.3 Å². The molecule has 5 heteroatoms. The number of hydrogen-bond donors (Lipinski definition) is 1. The monoisotopic (exact) mass is 303 g/mol. The molecule has 0 saturated heterocycles. The van der Waals surface area contributed by atoms with E-state index < -0.39 is 0 Å². The van der Waals surface area contributed by atoms with Crippen molar-refractivity contribution in [2.45, 2.75) is 19.5 Å². The van der Waals surface area contributed by atoms with E-state index in [0.717, 1.165) is 22.6 Å². The quantitative estimate of drug-likeness (QED) is 0.919. The van der Waals surface area contributed by atoms with Crippen LogP contribution >= 0.6 is 0 Å². The molecule has 0 radical (unpaired) electrons. The highest BCUT2D eigenvalue weighted by molar-refractivity contribution is 5.48. The molecule has 22 heavy (non-hydrogen) atoms. The Kier molecular flexibility index (Phi) is 4.15. The van der Waals surface area contributed by atoms with E-state index >= 15 is 0 Å². The summed E-state index contributed by atoms with van der Waals surface area (Å²) in [7, 11) is 1.46. The molecule has 116 valence electrons. The van der Waals surface area contributed by atoms with Gasteiger partial charge in [0.15, 0.2) is 23.1 Å². The molecule has 0 amide bonds. The van der Waals surface area contributed by atoms with Crippen molar-refractivity contribution in [1.29, 1.82) is 0 Å². The lowest BCUT2D eigenvalue weighted by Gasteiger charge is -2.16. The van der Waals surface area contributed by atoms with Gasteiger partial charge in [0.25, 0.3) is 0 Å². The Labute approximate surface area is 128 Å². The Morgan fingerprint density at radius 1 is 1.27 bits per heavy atom. The van der Waals surface area contributed by atoms with Crippen LogP contribution in [0.3, 0.4) is 0 Å². The van der Waals surface area contributed by atoms with E-state index in [1.807, 2.05) is 31.2 Å². The van der Waals surface area contributed by atoms with E-state index in [4.69, 9.17) is 14.2 Å². The fourth-order valence-corrected chi connectivity index (χ4v) is 2.46. The number of fused-ring (bicyclic) bond motifs is 1. The Balaban J connectivity index is 1.69. The minimum atomic E-state index is -0.356. The smallest absolute Gasteiger partial charge is 0.231 e. The second-order valence-electron chi connectivity index (χ2n) is 5.15. The molecule has 1 aliphatic rings. The summed E-state index contributed by atoms with van der Waals surface area (Å²) in [6, 6.07) is 10.8. The van der Waals surface area contributed by atoms with E-state index in [9.17, 15) is 4.39 Å². The van der Waals surface area contributed by atoms with Gasteiger partial charge in [-0.1, -0.05) is 18.2 Å². The van der Waals surface area contributed by atoms with Gasteiger partial charge in [0.2, 0.25) is 6.79 Å². The third-order valence-electron chi connectivity index (χ3n) is 3.75. The number of ether oxygens (including phenoxy) is 3. The number of methoxy groups -OCH3 is 1. The van der Waals surface area contributed by atoms with Gasteiger partial charge < -0.3 is 19.5 Å². The zero-order chi connectivity index (χ0) is 15.5. The summed E-state index contributed by atoms with van der Waals surface area (Å²) < 4.78 is 29.5. The van der Waals surface area contributed by atoms with Gasteiger partial charge in [-0.05, 0) is 30.7 Å². The normalized spacial score (nSPS) is 14.0. The van der Waals surface area contributed by atoms with Gasteiger partial charge in [-0.25, -0.2) is 4.39 Å². The van der Waals surface area contributed by atoms with Crippen molar-refractivity contribution in [1.82, 2.24) is 5.32 Å². The average Bonchev–Trinajstić information content (AvgIpc) is 3.01. The zero-order valence-electron chi connectivity index (χ0n) is 12.6. The second-order valence-corrected chi connectivity index (χ2v) is 5.15. The van der Waals surface area contributed by atoms with E-state index in [1.54, 1.807) is 6.07 Å². The topological polar surface area (TPSA) is 39.7 Å². The largest absolute Gasteiger partial charge is 0.494 e. The first-order valence-corrected chi connectivity index (χ1v) is 7.13. The lowest BCUT2D eigenvalue weighted by atomic mass is 10.1. The molecule has 3 rings (SSSR count). The summed E-state index contributed by atoms with van der Waals surface area (Å²) in [6.45, 7) is 2.86. The predicted molar refractivity (Wildman–Crippen MR) is 80.8 cm³/mol. The van der Waals surface area contributed by atoms with Crippen molar-refractivity contribution >= 4 is 0 Å². The van der Waals surface area contributed by atoms with Crippen LogP contribution in [0.25, 0.3) is 0 Å². The lowest BCUT2D eigenvalue weighted by Crippen LogP contribution is -2.18. The van der Waals surface area contributed by atoms with Crippen LogP contribution in [0.1, 0.15) is 24.1 Å². The Bertz CT molecular complexity index is 675. The van der Waals surface area contributed by atoms with Gasteiger partial charge in [-0.3, -0.25) is 0 Å². The first kappa shape index (κ1) is 14.7. The molecular formula is C17H18FNO3. The molecule has 0 aliphatic carbocycles. The molecule has 0 spiro atoms. The van der Waals surface area contributed by atoms with E-state index in [-0.39, 0.29) is 24.4 Å². The van der Waals surface area contributed by atoms with E-state index in [0.29, 0.717) is 6.54 Å². The summed E-state index contributed by atoms with van der Waals surface area (Å²) in [5.74, 6) is 1.44. The van der Waals surface area contributed by atoms with Crippen LogP contribution in [-0.4, -0.2) is 13.9 Å². The molecule has 0 saturated carbocycles. The summed E-state index contributed by atoms with van der Waals surface area (Å²) in [4.78, 5) is 0. The SMILES string of the molecule is COc1ccc(C(C)NCc2cccc3c2OCO3)cc1F. The van der Waals surface area contributed by atoms with E-state index in [1.165, 1.54) is 13.2 Å². The van der Waals surface area contributed by atoms with Crippen molar-refractivity contribution in [3.63, 3.8) is 0 Å². The summed E-state index contributed by atoms with van der Waals surface area (Å²) in [5.41, 5.74) is 1.89.